The number of hydrogen-bond acceptors (Lipinski definition) is 8. The van der Waals surface area contributed by atoms with Crippen LogP contribution in [0.4, 0.5) is 19.0 Å². The van der Waals surface area contributed by atoms with E-state index in [1.165, 1.54) is 12.5 Å². The first kappa shape index (κ1) is 27.6. The van der Waals surface area contributed by atoms with E-state index in [4.69, 9.17) is 16.7 Å². The zero-order chi connectivity index (χ0) is 26.3. The highest BCUT2D eigenvalue weighted by Gasteiger charge is 2.34. The quantitative estimate of drug-likeness (QED) is 0.249. The lowest BCUT2D eigenvalue weighted by molar-refractivity contribution is -0.137. The van der Waals surface area contributed by atoms with E-state index >= 15 is 0 Å². The SMILES string of the molecule is CC(CC(=O)c1cc(CCCCCO)ncn1)c1ncc(C(=O)Nc2cc(C(F)(F)F)c(Cl)cn2)s1. The van der Waals surface area contributed by atoms with Gasteiger partial charge in [0.2, 0.25) is 0 Å². The predicted octanol–water partition coefficient (Wildman–Crippen LogP) is 5.33. The molecule has 0 radical (unpaired) electrons. The van der Waals surface area contributed by atoms with Crippen molar-refractivity contribution in [1.82, 2.24) is 19.9 Å². The van der Waals surface area contributed by atoms with Gasteiger partial charge in [0.05, 0.1) is 21.8 Å². The van der Waals surface area contributed by atoms with Gasteiger partial charge in [0.25, 0.3) is 5.91 Å². The minimum Gasteiger partial charge on any atom is -0.396 e. The molecule has 0 aliphatic rings. The fraction of sp³-hybridized carbons (Fsp3) is 0.391. The van der Waals surface area contributed by atoms with Crippen molar-refractivity contribution < 1.29 is 27.9 Å². The molecule has 0 saturated heterocycles. The molecule has 0 aliphatic heterocycles. The lowest BCUT2D eigenvalue weighted by atomic mass is 10.0. The molecule has 0 bridgehead atoms. The van der Waals surface area contributed by atoms with E-state index < -0.39 is 22.7 Å². The summed E-state index contributed by atoms with van der Waals surface area (Å²) >= 11 is 6.59. The van der Waals surface area contributed by atoms with Crippen molar-refractivity contribution in [2.75, 3.05) is 11.9 Å². The average Bonchev–Trinajstić information content (AvgIpc) is 3.33. The second-order valence-corrected chi connectivity index (χ2v) is 9.49. The Morgan fingerprint density at radius 3 is 2.61 bits per heavy atom. The fourth-order valence-corrected chi connectivity index (χ4v) is 4.35. The molecule has 3 aromatic heterocycles. The van der Waals surface area contributed by atoms with Crippen LogP contribution >= 0.6 is 22.9 Å². The summed E-state index contributed by atoms with van der Waals surface area (Å²) in [4.78, 5) is 41.6. The van der Waals surface area contributed by atoms with E-state index in [0.717, 1.165) is 36.1 Å². The summed E-state index contributed by atoms with van der Waals surface area (Å²) in [5.41, 5.74) is -0.0703. The van der Waals surface area contributed by atoms with Crippen molar-refractivity contribution in [3.05, 3.63) is 62.7 Å². The minimum atomic E-state index is -4.69. The van der Waals surface area contributed by atoms with Crippen molar-refractivity contribution >= 4 is 40.4 Å². The number of aliphatic hydroxyl groups excluding tert-OH is 1. The molecule has 1 amide bonds. The molecule has 13 heteroatoms. The van der Waals surface area contributed by atoms with Gasteiger partial charge in [-0.05, 0) is 31.4 Å². The van der Waals surface area contributed by atoms with Gasteiger partial charge in [-0.15, -0.1) is 11.3 Å². The number of unbranched alkanes of at least 4 members (excludes halogenated alkanes) is 2. The number of aryl methyl sites for hydroxylation is 1. The molecule has 36 heavy (non-hydrogen) atoms. The molecule has 0 spiro atoms. The maximum Gasteiger partial charge on any atom is 0.418 e. The molecule has 1 unspecified atom stereocenters. The summed E-state index contributed by atoms with van der Waals surface area (Å²) in [5, 5.41) is 11.1. The Morgan fingerprint density at radius 1 is 1.11 bits per heavy atom. The van der Waals surface area contributed by atoms with Crippen LogP contribution < -0.4 is 5.32 Å². The number of halogens is 4. The van der Waals surface area contributed by atoms with Gasteiger partial charge in [-0.3, -0.25) is 9.59 Å². The average molecular weight is 542 g/mol. The maximum atomic E-state index is 13.0. The molecular weight excluding hydrogens is 519 g/mol. The molecule has 8 nitrogen and oxygen atoms in total. The Hall–Kier alpha value is -2.96. The normalized spacial score (nSPS) is 12.4. The third-order valence-corrected chi connectivity index (χ3v) is 6.69. The predicted molar refractivity (Wildman–Crippen MR) is 128 cm³/mol. The molecule has 3 rings (SSSR count). The van der Waals surface area contributed by atoms with E-state index in [9.17, 15) is 22.8 Å². The summed E-state index contributed by atoms with van der Waals surface area (Å²) in [6.45, 7) is 1.92. The number of hydrogen-bond donors (Lipinski definition) is 2. The number of aliphatic hydroxyl groups is 1. The first-order valence-electron chi connectivity index (χ1n) is 11.0. The van der Waals surface area contributed by atoms with Crippen LogP contribution in [-0.4, -0.2) is 43.3 Å². The summed E-state index contributed by atoms with van der Waals surface area (Å²) < 4.78 is 39.1. The van der Waals surface area contributed by atoms with Crippen molar-refractivity contribution in [3.63, 3.8) is 0 Å². The number of Topliss-reactive ketones (excluding diaryl/α,β-unsaturated/α-hetero) is 1. The molecule has 0 fully saturated rings. The first-order valence-corrected chi connectivity index (χ1v) is 12.2. The summed E-state index contributed by atoms with van der Waals surface area (Å²) in [5.74, 6) is -1.50. The highest BCUT2D eigenvalue weighted by molar-refractivity contribution is 7.13. The number of carbonyl (C=O) groups excluding carboxylic acids is 2. The fourth-order valence-electron chi connectivity index (χ4n) is 3.27. The largest absolute Gasteiger partial charge is 0.418 e. The Balaban J connectivity index is 1.61. The van der Waals surface area contributed by atoms with E-state index in [0.29, 0.717) is 23.9 Å². The highest BCUT2D eigenvalue weighted by atomic mass is 35.5. The van der Waals surface area contributed by atoms with E-state index in [1.54, 1.807) is 13.0 Å². The highest BCUT2D eigenvalue weighted by Crippen LogP contribution is 2.35. The number of ketones is 1. The van der Waals surface area contributed by atoms with Crippen LogP contribution in [0.5, 0.6) is 0 Å². The zero-order valence-corrected chi connectivity index (χ0v) is 20.8. The smallest absolute Gasteiger partial charge is 0.396 e. The van der Waals surface area contributed by atoms with Crippen LogP contribution in [0, 0.1) is 0 Å². The molecule has 0 aliphatic carbocycles. The Kier molecular flexibility index (Phi) is 9.46. The van der Waals surface area contributed by atoms with Crippen molar-refractivity contribution in [1.29, 1.82) is 0 Å². The molecular formula is C23H23ClF3N5O3S. The molecule has 3 aromatic rings. The van der Waals surface area contributed by atoms with Gasteiger partial charge >= 0.3 is 6.18 Å². The van der Waals surface area contributed by atoms with Gasteiger partial charge in [0, 0.05) is 30.8 Å². The number of amides is 1. The third kappa shape index (κ3) is 7.52. The van der Waals surface area contributed by atoms with Gasteiger partial charge in [-0.25, -0.2) is 19.9 Å². The summed E-state index contributed by atoms with van der Waals surface area (Å²) in [7, 11) is 0. The number of nitrogens with one attached hydrogen (secondary N) is 1. The molecule has 0 saturated carbocycles. The Morgan fingerprint density at radius 2 is 1.89 bits per heavy atom. The van der Waals surface area contributed by atoms with E-state index in [2.05, 4.69) is 25.3 Å². The van der Waals surface area contributed by atoms with Crippen LogP contribution in [-0.2, 0) is 12.6 Å². The minimum absolute atomic E-state index is 0.100. The number of rotatable bonds is 11. The Bertz CT molecular complexity index is 1220. The maximum absolute atomic E-state index is 13.0. The van der Waals surface area contributed by atoms with Crippen LogP contribution in [0.3, 0.4) is 0 Å². The topological polar surface area (TPSA) is 118 Å². The molecule has 1 atom stereocenters. The van der Waals surface area contributed by atoms with Gasteiger partial charge in [0.15, 0.2) is 5.78 Å². The second kappa shape index (κ2) is 12.3. The van der Waals surface area contributed by atoms with Crippen LogP contribution in [0.15, 0.2) is 30.9 Å². The molecule has 0 aromatic carbocycles. The van der Waals surface area contributed by atoms with Gasteiger partial charge < -0.3 is 10.4 Å². The van der Waals surface area contributed by atoms with Crippen molar-refractivity contribution in [2.45, 2.75) is 51.1 Å². The van der Waals surface area contributed by atoms with Crippen LogP contribution in [0.2, 0.25) is 5.02 Å². The van der Waals surface area contributed by atoms with Crippen molar-refractivity contribution in [3.8, 4) is 0 Å². The Labute approximate surface area is 214 Å². The zero-order valence-electron chi connectivity index (χ0n) is 19.2. The van der Waals surface area contributed by atoms with Crippen molar-refractivity contribution in [2.24, 2.45) is 0 Å². The molecule has 192 valence electrons. The summed E-state index contributed by atoms with van der Waals surface area (Å²) in [6.07, 6.45) is 1.97. The number of thiazole rings is 1. The molecule has 2 N–H and O–H groups in total. The number of alkyl halides is 3. The van der Waals surface area contributed by atoms with Crippen LogP contribution in [0.1, 0.15) is 75.0 Å². The van der Waals surface area contributed by atoms with Gasteiger partial charge in [0.1, 0.15) is 22.7 Å². The number of anilines is 1. The first-order chi connectivity index (χ1) is 17.1. The van der Waals surface area contributed by atoms with E-state index in [-0.39, 0.29) is 41.1 Å². The summed E-state index contributed by atoms with van der Waals surface area (Å²) in [6, 6.07) is 2.31. The number of carbonyl (C=O) groups is 2. The number of nitrogens with zero attached hydrogens (tertiary/aromatic N) is 4. The van der Waals surface area contributed by atoms with Crippen LogP contribution in [0.25, 0.3) is 0 Å². The molecule has 3 heterocycles. The second-order valence-electron chi connectivity index (χ2n) is 8.02. The van der Waals surface area contributed by atoms with Gasteiger partial charge in [-0.1, -0.05) is 24.9 Å². The van der Waals surface area contributed by atoms with Gasteiger partial charge in [-0.2, -0.15) is 13.2 Å². The van der Waals surface area contributed by atoms with E-state index in [1.807, 2.05) is 0 Å². The monoisotopic (exact) mass is 541 g/mol. The standard InChI is InChI=1S/C23H23ClF3N5O3S/c1-13(7-18(34)17-8-14(30-12-31-17)5-3-2-4-6-33)22-29-11-19(36-22)21(35)32-20-9-15(23(25,26)27)16(24)10-28-20/h8-13,33H,2-7H2,1H3,(H,28,32,35). The lowest BCUT2D eigenvalue weighted by Crippen LogP contribution is -2.13. The third-order valence-electron chi connectivity index (χ3n) is 5.16. The number of aromatic nitrogens is 4. The lowest BCUT2D eigenvalue weighted by Gasteiger charge is -2.10. The number of pyridine rings is 1.